The van der Waals surface area contributed by atoms with Gasteiger partial charge in [0, 0.05) is 6.42 Å². The van der Waals surface area contributed by atoms with Gasteiger partial charge < -0.3 is 5.32 Å². The summed E-state index contributed by atoms with van der Waals surface area (Å²) < 4.78 is 58.6. The molecule has 0 unspecified atom stereocenters. The van der Waals surface area contributed by atoms with Gasteiger partial charge in [0.1, 0.15) is 0 Å². The van der Waals surface area contributed by atoms with E-state index in [0.717, 1.165) is 19.3 Å². The predicted molar refractivity (Wildman–Crippen MR) is 100 cm³/mol. The van der Waals surface area contributed by atoms with Crippen LogP contribution in [0.5, 0.6) is 0 Å². The third-order valence-electron chi connectivity index (χ3n) is 3.64. The van der Waals surface area contributed by atoms with Gasteiger partial charge in [0.25, 0.3) is 20.2 Å². The van der Waals surface area contributed by atoms with Gasteiger partial charge in [-0.15, -0.1) is 0 Å². The summed E-state index contributed by atoms with van der Waals surface area (Å²) >= 11 is 0. The van der Waals surface area contributed by atoms with E-state index in [1.165, 1.54) is 32.1 Å². The van der Waals surface area contributed by atoms with E-state index in [1.54, 1.807) is 0 Å². The van der Waals surface area contributed by atoms with Crippen LogP contribution in [0.4, 0.5) is 0 Å². The van der Waals surface area contributed by atoms with Crippen molar-refractivity contribution in [1.82, 2.24) is 5.32 Å². The number of carbonyl (C=O) groups excluding carboxylic acids is 1. The second-order valence-electron chi connectivity index (χ2n) is 5.84. The molecule has 1 amide bonds. The van der Waals surface area contributed by atoms with Crippen LogP contribution in [0.2, 0.25) is 0 Å². The van der Waals surface area contributed by atoms with Gasteiger partial charge in [-0.2, -0.15) is 16.8 Å². The molecule has 0 spiro atoms. The number of amides is 1. The predicted octanol–water partition coefficient (Wildman–Crippen LogP) is 1.21. The molecular weight excluding hydrogens is 398 g/mol. The van der Waals surface area contributed by atoms with Crippen molar-refractivity contribution >= 4 is 63.9 Å². The van der Waals surface area contributed by atoms with Gasteiger partial charge in [0.15, 0.2) is 0 Å². The summed E-state index contributed by atoms with van der Waals surface area (Å²) in [5.41, 5.74) is 0. The molecule has 8 nitrogen and oxygen atoms in total. The van der Waals surface area contributed by atoms with E-state index in [9.17, 15) is 21.6 Å². The normalized spacial score (nSPS) is 12.0. The van der Waals surface area contributed by atoms with Gasteiger partial charge in [-0.05, 0) is 6.42 Å². The van der Waals surface area contributed by atoms with Gasteiger partial charge in [-0.1, -0.05) is 58.3 Å². The van der Waals surface area contributed by atoms with Crippen molar-refractivity contribution < 1.29 is 30.7 Å². The number of carbonyl (C=O) groups is 1. The Bertz CT molecular complexity index is 532. The first-order chi connectivity index (χ1) is 11.1. The first-order valence-corrected chi connectivity index (χ1v) is 11.3. The third kappa shape index (κ3) is 15.3. The van der Waals surface area contributed by atoms with E-state index >= 15 is 0 Å². The molecule has 0 saturated heterocycles. The minimum atomic E-state index is -5.01. The average molecular weight is 430 g/mol. The molecule has 148 valence electrons. The molecule has 0 aliphatic rings. The molecule has 0 radical (unpaired) electrons. The fourth-order valence-electron chi connectivity index (χ4n) is 2.25. The quantitative estimate of drug-likeness (QED) is 0.214. The molecule has 0 aromatic carbocycles. The topological polar surface area (TPSA) is 138 Å². The minimum absolute atomic E-state index is 0. The van der Waals surface area contributed by atoms with Crippen LogP contribution in [0, 0.1) is 0 Å². The molecule has 0 aliphatic carbocycles. The van der Waals surface area contributed by atoms with E-state index < -0.39 is 37.3 Å². The van der Waals surface area contributed by atoms with E-state index in [1.807, 2.05) is 0 Å². The van der Waals surface area contributed by atoms with Crippen LogP contribution in [-0.2, 0) is 25.0 Å². The molecule has 0 bridgehead atoms. The van der Waals surface area contributed by atoms with Crippen LogP contribution in [0.1, 0.15) is 71.1 Å². The molecule has 0 aromatic heterocycles. The number of rotatable bonds is 14. The van der Waals surface area contributed by atoms with Crippen LogP contribution in [0.25, 0.3) is 0 Å². The van der Waals surface area contributed by atoms with E-state index in [-0.39, 0.29) is 44.2 Å². The van der Waals surface area contributed by atoms with Gasteiger partial charge in [0.2, 0.25) is 10.5 Å². The summed E-state index contributed by atoms with van der Waals surface area (Å²) in [6.07, 6.45) is 9.86. The fourth-order valence-corrected chi connectivity index (χ4v) is 4.06. The zero-order valence-corrected chi connectivity index (χ0v) is 15.7. The first-order valence-electron chi connectivity index (χ1n) is 8.28. The Hall–Kier alpha value is 0.550. The van der Waals surface area contributed by atoms with E-state index in [4.69, 9.17) is 9.11 Å². The zero-order valence-electron chi connectivity index (χ0n) is 14.1. The van der Waals surface area contributed by atoms with Crippen molar-refractivity contribution in [3.63, 3.8) is 0 Å². The number of hydrogen-bond donors (Lipinski definition) is 3. The molecule has 11 heteroatoms. The van der Waals surface area contributed by atoms with E-state index in [2.05, 4.69) is 12.2 Å². The van der Waals surface area contributed by atoms with Crippen molar-refractivity contribution in [2.24, 2.45) is 0 Å². The Morgan fingerprint density at radius 3 is 1.64 bits per heavy atom. The summed E-state index contributed by atoms with van der Waals surface area (Å²) in [7, 11) is -10.0. The standard InChI is InChI=1S/C14H29NO7S2.Ca.2H/c1-2-3-4-5-6-7-8-9-10-11-13(16)15-12-14(23(17,18)19)24(20,21)22;;;/h14H,2-12H2,1H3,(H,15,16)(H,17,18,19)(H,20,21,22);;;. The summed E-state index contributed by atoms with van der Waals surface area (Å²) in [4.78, 5) is 11.5. The monoisotopic (exact) mass is 429 g/mol. The molecule has 0 rings (SSSR count). The maximum atomic E-state index is 11.5. The van der Waals surface area contributed by atoms with Crippen molar-refractivity contribution in [1.29, 1.82) is 0 Å². The number of hydrogen-bond acceptors (Lipinski definition) is 5. The number of unbranched alkanes of at least 4 members (excludes halogenated alkanes) is 8. The Morgan fingerprint density at radius 1 is 0.840 bits per heavy atom. The van der Waals surface area contributed by atoms with Crippen molar-refractivity contribution in [3.05, 3.63) is 0 Å². The van der Waals surface area contributed by atoms with Crippen LogP contribution in [-0.4, -0.2) is 80.7 Å². The Labute approximate surface area is 181 Å². The Balaban J connectivity index is 0. The van der Waals surface area contributed by atoms with Crippen LogP contribution < -0.4 is 5.32 Å². The van der Waals surface area contributed by atoms with Crippen LogP contribution in [0.15, 0.2) is 0 Å². The van der Waals surface area contributed by atoms with Gasteiger partial charge in [0.05, 0.1) is 6.54 Å². The molecule has 0 saturated carbocycles. The summed E-state index contributed by atoms with van der Waals surface area (Å²) in [5.74, 6) is -0.518. The molecule has 3 N–H and O–H groups in total. The maximum absolute atomic E-state index is 11.5. The fraction of sp³-hybridized carbons (Fsp3) is 0.929. The summed E-state index contributed by atoms with van der Waals surface area (Å²) in [5, 5.41) is 2.10. The Morgan fingerprint density at radius 2 is 1.24 bits per heavy atom. The van der Waals surface area contributed by atoms with Crippen LogP contribution in [0.3, 0.4) is 0 Å². The summed E-state index contributed by atoms with van der Waals surface area (Å²) in [6.45, 7) is 1.28. The molecule has 0 aliphatic heterocycles. The second kappa shape index (κ2) is 14.6. The average Bonchev–Trinajstić information content (AvgIpc) is 2.42. The second-order valence-corrected chi connectivity index (χ2v) is 9.34. The molecule has 0 aromatic rings. The number of nitrogens with one attached hydrogen (secondary N) is 1. The van der Waals surface area contributed by atoms with Crippen molar-refractivity contribution in [3.8, 4) is 0 Å². The SMILES string of the molecule is CCCCCCCCCCCC(=O)NCC(S(=O)(=O)O)S(=O)(=O)O.[CaH2]. The van der Waals surface area contributed by atoms with Gasteiger partial charge >= 0.3 is 37.7 Å². The molecule has 0 atom stereocenters. The zero-order chi connectivity index (χ0) is 18.6. The molecule has 0 heterocycles. The third-order valence-corrected chi connectivity index (χ3v) is 6.76. The first kappa shape index (κ1) is 27.8. The van der Waals surface area contributed by atoms with Gasteiger partial charge in [-0.3, -0.25) is 13.9 Å². The molecular formula is C14H31CaNO7S2. The summed E-state index contributed by atoms with van der Waals surface area (Å²) in [6, 6.07) is 0. The molecule has 0 fully saturated rings. The van der Waals surface area contributed by atoms with Crippen molar-refractivity contribution in [2.45, 2.75) is 75.7 Å². The molecule has 25 heavy (non-hydrogen) atoms. The van der Waals surface area contributed by atoms with Crippen LogP contribution >= 0.6 is 0 Å². The van der Waals surface area contributed by atoms with Crippen molar-refractivity contribution in [2.75, 3.05) is 6.54 Å². The Kier molecular flexibility index (Phi) is 16.2. The van der Waals surface area contributed by atoms with E-state index in [0.29, 0.717) is 6.42 Å². The van der Waals surface area contributed by atoms with Gasteiger partial charge in [-0.25, -0.2) is 0 Å².